The highest BCUT2D eigenvalue weighted by atomic mass is 15.3. The summed E-state index contributed by atoms with van der Waals surface area (Å²) in [5.41, 5.74) is 0.324. The zero-order chi connectivity index (χ0) is 10.3. The molecule has 1 N–H and O–H groups in total. The fraction of sp³-hybridized carbons (Fsp3) is 0.818. The quantitative estimate of drug-likeness (QED) is 0.786. The normalized spacial score (nSPS) is 34.6. The molecule has 0 aromatic carbocycles. The lowest BCUT2D eigenvalue weighted by atomic mass is 9.87. The van der Waals surface area contributed by atoms with Crippen LogP contribution in [0.3, 0.4) is 0 Å². The molecule has 2 unspecified atom stereocenters. The van der Waals surface area contributed by atoms with Crippen molar-refractivity contribution in [3.8, 4) is 0 Å². The van der Waals surface area contributed by atoms with Crippen molar-refractivity contribution < 1.29 is 0 Å². The summed E-state index contributed by atoms with van der Waals surface area (Å²) in [6.45, 7) is 0. The number of hydrogen-bond acceptors (Lipinski definition) is 3. The molecule has 2 aliphatic rings. The molecule has 1 aromatic rings. The van der Waals surface area contributed by atoms with Crippen molar-refractivity contribution in [3.63, 3.8) is 0 Å². The third-order valence-corrected chi connectivity index (χ3v) is 3.83. The standard InChI is InChI=1S/C11H18N4/c1-15-8-12-10(14-15)7-11-5-2-3-9(13-11)4-6-11/h8-9,13H,2-7H2,1H3. The number of aromatic nitrogens is 3. The summed E-state index contributed by atoms with van der Waals surface area (Å²) in [6.07, 6.45) is 9.46. The second kappa shape index (κ2) is 3.30. The molecular weight excluding hydrogens is 188 g/mol. The molecule has 3 rings (SSSR count). The second-order valence-corrected chi connectivity index (χ2v) is 5.06. The minimum absolute atomic E-state index is 0.324. The SMILES string of the molecule is Cn1cnc(CC23CCCC(CC2)N3)n1. The van der Waals surface area contributed by atoms with Crippen molar-refractivity contribution in [1.29, 1.82) is 0 Å². The Labute approximate surface area is 90.1 Å². The first kappa shape index (κ1) is 9.33. The molecule has 0 saturated carbocycles. The first-order chi connectivity index (χ1) is 7.26. The van der Waals surface area contributed by atoms with E-state index in [1.165, 1.54) is 32.1 Å². The maximum absolute atomic E-state index is 4.38. The molecule has 2 fully saturated rings. The number of fused-ring (bicyclic) bond motifs is 2. The third kappa shape index (κ3) is 1.67. The van der Waals surface area contributed by atoms with Crippen LogP contribution in [-0.4, -0.2) is 26.3 Å². The predicted molar refractivity (Wildman–Crippen MR) is 57.4 cm³/mol. The van der Waals surface area contributed by atoms with E-state index in [1.54, 1.807) is 11.0 Å². The van der Waals surface area contributed by atoms with Gasteiger partial charge in [0.05, 0.1) is 0 Å². The molecule has 2 aliphatic heterocycles. The predicted octanol–water partition coefficient (Wildman–Crippen LogP) is 1.03. The van der Waals surface area contributed by atoms with Gasteiger partial charge >= 0.3 is 0 Å². The summed E-state index contributed by atoms with van der Waals surface area (Å²) in [6, 6.07) is 0.766. The second-order valence-electron chi connectivity index (χ2n) is 5.06. The molecule has 0 spiro atoms. The molecule has 0 radical (unpaired) electrons. The van der Waals surface area contributed by atoms with Gasteiger partial charge in [0.1, 0.15) is 6.33 Å². The topological polar surface area (TPSA) is 42.7 Å². The van der Waals surface area contributed by atoms with Crippen molar-refractivity contribution in [1.82, 2.24) is 20.1 Å². The Bertz CT molecular complexity index is 355. The molecule has 2 bridgehead atoms. The van der Waals surface area contributed by atoms with Crippen molar-refractivity contribution in [2.75, 3.05) is 0 Å². The summed E-state index contributed by atoms with van der Waals surface area (Å²) in [7, 11) is 1.93. The fourth-order valence-electron chi connectivity index (χ4n) is 3.12. The molecule has 82 valence electrons. The Hall–Kier alpha value is -0.900. The first-order valence-corrected chi connectivity index (χ1v) is 5.88. The van der Waals surface area contributed by atoms with Gasteiger partial charge in [0, 0.05) is 25.0 Å². The molecule has 3 heterocycles. The minimum atomic E-state index is 0.324. The van der Waals surface area contributed by atoms with Crippen molar-refractivity contribution in [3.05, 3.63) is 12.2 Å². The van der Waals surface area contributed by atoms with Gasteiger partial charge in [-0.25, -0.2) is 4.98 Å². The van der Waals surface area contributed by atoms with Gasteiger partial charge in [0.25, 0.3) is 0 Å². The Balaban J connectivity index is 1.77. The molecule has 2 atom stereocenters. The zero-order valence-corrected chi connectivity index (χ0v) is 9.24. The number of aryl methyl sites for hydroxylation is 1. The summed E-state index contributed by atoms with van der Waals surface area (Å²) >= 11 is 0. The van der Waals surface area contributed by atoms with Crippen molar-refractivity contribution in [2.24, 2.45) is 7.05 Å². The van der Waals surface area contributed by atoms with Crippen LogP contribution in [0.4, 0.5) is 0 Å². The van der Waals surface area contributed by atoms with E-state index in [9.17, 15) is 0 Å². The maximum Gasteiger partial charge on any atom is 0.152 e. The lowest BCUT2D eigenvalue weighted by Gasteiger charge is -2.33. The summed E-state index contributed by atoms with van der Waals surface area (Å²) in [4.78, 5) is 4.33. The highest BCUT2D eigenvalue weighted by Gasteiger charge is 2.41. The van der Waals surface area contributed by atoms with Crippen LogP contribution >= 0.6 is 0 Å². The van der Waals surface area contributed by atoms with Crippen LogP contribution in [0.25, 0.3) is 0 Å². The smallest absolute Gasteiger partial charge is 0.152 e. The van der Waals surface area contributed by atoms with Gasteiger partial charge in [0.2, 0.25) is 0 Å². The molecule has 1 aromatic heterocycles. The van der Waals surface area contributed by atoms with Crippen LogP contribution in [0.15, 0.2) is 6.33 Å². The third-order valence-electron chi connectivity index (χ3n) is 3.83. The van der Waals surface area contributed by atoms with Gasteiger partial charge in [-0.05, 0) is 25.7 Å². The van der Waals surface area contributed by atoms with E-state index in [0.717, 1.165) is 18.3 Å². The largest absolute Gasteiger partial charge is 0.308 e. The van der Waals surface area contributed by atoms with E-state index in [-0.39, 0.29) is 0 Å². The number of piperidine rings is 1. The van der Waals surface area contributed by atoms with Gasteiger partial charge in [-0.2, -0.15) is 5.10 Å². The van der Waals surface area contributed by atoms with E-state index >= 15 is 0 Å². The van der Waals surface area contributed by atoms with Gasteiger partial charge in [0.15, 0.2) is 5.82 Å². The van der Waals surface area contributed by atoms with Gasteiger partial charge in [-0.15, -0.1) is 0 Å². The molecule has 4 heteroatoms. The van der Waals surface area contributed by atoms with Gasteiger partial charge < -0.3 is 5.32 Å². The van der Waals surface area contributed by atoms with Crippen LogP contribution in [0.2, 0.25) is 0 Å². The number of nitrogens with one attached hydrogen (secondary N) is 1. The number of rotatable bonds is 2. The summed E-state index contributed by atoms with van der Waals surface area (Å²) in [5, 5.41) is 8.15. The van der Waals surface area contributed by atoms with E-state index in [4.69, 9.17) is 0 Å². The van der Waals surface area contributed by atoms with E-state index in [0.29, 0.717) is 5.54 Å². The van der Waals surface area contributed by atoms with Crippen LogP contribution < -0.4 is 5.32 Å². The molecule has 0 aliphatic carbocycles. The highest BCUT2D eigenvalue weighted by Crippen LogP contribution is 2.37. The Kier molecular flexibility index (Phi) is 2.06. The highest BCUT2D eigenvalue weighted by molar-refractivity contribution is 5.06. The summed E-state index contributed by atoms with van der Waals surface area (Å²) < 4.78 is 1.79. The van der Waals surface area contributed by atoms with E-state index in [2.05, 4.69) is 15.4 Å². The number of hydrogen-bond donors (Lipinski definition) is 1. The molecule has 2 saturated heterocycles. The van der Waals surface area contributed by atoms with E-state index < -0.39 is 0 Å². The Morgan fingerprint density at radius 1 is 1.53 bits per heavy atom. The van der Waals surface area contributed by atoms with Crippen LogP contribution in [-0.2, 0) is 13.5 Å². The Morgan fingerprint density at radius 2 is 2.47 bits per heavy atom. The molecular formula is C11H18N4. The van der Waals surface area contributed by atoms with Crippen LogP contribution in [0.1, 0.15) is 37.9 Å². The van der Waals surface area contributed by atoms with Crippen LogP contribution in [0.5, 0.6) is 0 Å². The van der Waals surface area contributed by atoms with Gasteiger partial charge in [-0.3, -0.25) is 4.68 Å². The van der Waals surface area contributed by atoms with Crippen LogP contribution in [0, 0.1) is 0 Å². The maximum atomic E-state index is 4.38. The van der Waals surface area contributed by atoms with E-state index in [1.807, 2.05) is 7.05 Å². The average molecular weight is 206 g/mol. The lowest BCUT2D eigenvalue weighted by Crippen LogP contribution is -2.48. The summed E-state index contributed by atoms with van der Waals surface area (Å²) in [5.74, 6) is 0.993. The van der Waals surface area contributed by atoms with Gasteiger partial charge in [-0.1, -0.05) is 6.42 Å². The molecule has 4 nitrogen and oxygen atoms in total. The Morgan fingerprint density at radius 3 is 3.27 bits per heavy atom. The average Bonchev–Trinajstić information content (AvgIpc) is 2.73. The molecule has 15 heavy (non-hydrogen) atoms. The van der Waals surface area contributed by atoms with Crippen molar-refractivity contribution in [2.45, 2.75) is 50.1 Å². The monoisotopic (exact) mass is 206 g/mol. The zero-order valence-electron chi connectivity index (χ0n) is 9.24. The number of nitrogens with zero attached hydrogens (tertiary/aromatic N) is 3. The minimum Gasteiger partial charge on any atom is -0.308 e. The molecule has 0 amide bonds. The lowest BCUT2D eigenvalue weighted by molar-refractivity contribution is 0.269. The fourth-order valence-corrected chi connectivity index (χ4v) is 3.12. The first-order valence-electron chi connectivity index (χ1n) is 5.88. The van der Waals surface area contributed by atoms with Crippen molar-refractivity contribution >= 4 is 0 Å².